The Morgan fingerprint density at radius 1 is 1.50 bits per heavy atom. The molecule has 1 unspecified atom stereocenters. The Bertz CT molecular complexity index is 712. The molecule has 128 valence electrons. The van der Waals surface area contributed by atoms with Gasteiger partial charge in [-0.05, 0) is 32.4 Å². The van der Waals surface area contributed by atoms with Gasteiger partial charge in [-0.25, -0.2) is 4.39 Å². The standard InChI is InChI=1S/C17H21FN4O2/c1-11-17(12(2)21-20-11)19-16(23)10-22-7-6-15(9-22)24-14-5-3-4-13(18)8-14/h3-5,8,15H,6-7,9-10H2,1-2H3,(H,19,23)(H,20,21). The smallest absolute Gasteiger partial charge is 0.238 e. The molecule has 0 spiro atoms. The number of benzene rings is 1. The quantitative estimate of drug-likeness (QED) is 0.881. The van der Waals surface area contributed by atoms with Crippen LogP contribution in [-0.4, -0.2) is 46.7 Å². The average molecular weight is 332 g/mol. The zero-order chi connectivity index (χ0) is 17.1. The molecule has 2 N–H and O–H groups in total. The first kappa shape index (κ1) is 16.4. The number of nitrogens with one attached hydrogen (secondary N) is 2. The summed E-state index contributed by atoms with van der Waals surface area (Å²) in [6.07, 6.45) is 0.782. The zero-order valence-corrected chi connectivity index (χ0v) is 13.8. The highest BCUT2D eigenvalue weighted by molar-refractivity contribution is 5.93. The van der Waals surface area contributed by atoms with Crippen molar-refractivity contribution < 1.29 is 13.9 Å². The van der Waals surface area contributed by atoms with Gasteiger partial charge in [0.2, 0.25) is 5.91 Å². The van der Waals surface area contributed by atoms with Crippen LogP contribution in [0.3, 0.4) is 0 Å². The Morgan fingerprint density at radius 2 is 2.33 bits per heavy atom. The molecule has 6 nitrogen and oxygen atoms in total. The number of aryl methyl sites for hydroxylation is 2. The van der Waals surface area contributed by atoms with Crippen LogP contribution in [0.25, 0.3) is 0 Å². The molecule has 3 rings (SSSR count). The van der Waals surface area contributed by atoms with Crippen molar-refractivity contribution in [1.29, 1.82) is 0 Å². The lowest BCUT2D eigenvalue weighted by molar-refractivity contribution is -0.117. The second kappa shape index (κ2) is 7.00. The fraction of sp³-hybridized carbons (Fsp3) is 0.412. The van der Waals surface area contributed by atoms with E-state index in [0.717, 1.165) is 30.0 Å². The number of anilines is 1. The summed E-state index contributed by atoms with van der Waals surface area (Å²) in [5.41, 5.74) is 2.36. The molecule has 1 fully saturated rings. The largest absolute Gasteiger partial charge is 0.489 e. The van der Waals surface area contributed by atoms with Crippen LogP contribution in [0.1, 0.15) is 17.8 Å². The van der Waals surface area contributed by atoms with Gasteiger partial charge in [-0.2, -0.15) is 5.10 Å². The van der Waals surface area contributed by atoms with E-state index in [0.29, 0.717) is 18.8 Å². The van der Waals surface area contributed by atoms with Crippen molar-refractivity contribution >= 4 is 11.6 Å². The summed E-state index contributed by atoms with van der Waals surface area (Å²) in [6, 6.07) is 6.13. The number of amides is 1. The van der Waals surface area contributed by atoms with Gasteiger partial charge in [-0.1, -0.05) is 6.07 Å². The molecule has 1 amide bonds. The first-order valence-corrected chi connectivity index (χ1v) is 7.97. The fourth-order valence-electron chi connectivity index (χ4n) is 2.89. The van der Waals surface area contributed by atoms with Gasteiger partial charge in [0.1, 0.15) is 17.7 Å². The summed E-state index contributed by atoms with van der Waals surface area (Å²) < 4.78 is 19.0. The number of H-pyrrole nitrogens is 1. The van der Waals surface area contributed by atoms with Crippen LogP contribution in [-0.2, 0) is 4.79 Å². The van der Waals surface area contributed by atoms with Gasteiger partial charge in [-0.3, -0.25) is 14.8 Å². The molecule has 0 aliphatic carbocycles. The molecule has 0 bridgehead atoms. The van der Waals surface area contributed by atoms with Gasteiger partial charge in [0.05, 0.1) is 23.6 Å². The van der Waals surface area contributed by atoms with Crippen molar-refractivity contribution in [2.75, 3.05) is 25.0 Å². The van der Waals surface area contributed by atoms with E-state index in [4.69, 9.17) is 4.74 Å². The van der Waals surface area contributed by atoms with E-state index in [1.165, 1.54) is 12.1 Å². The summed E-state index contributed by atoms with van der Waals surface area (Å²) in [5, 5.41) is 9.80. The lowest BCUT2D eigenvalue weighted by Crippen LogP contribution is -2.33. The van der Waals surface area contributed by atoms with Crippen molar-refractivity contribution in [2.24, 2.45) is 0 Å². The van der Waals surface area contributed by atoms with Crippen molar-refractivity contribution in [3.05, 3.63) is 41.5 Å². The molecule has 2 heterocycles. The summed E-state index contributed by atoms with van der Waals surface area (Å²) in [5.74, 6) is 0.137. The predicted molar refractivity (Wildman–Crippen MR) is 88.6 cm³/mol. The number of likely N-dealkylation sites (tertiary alicyclic amines) is 1. The van der Waals surface area contributed by atoms with Crippen molar-refractivity contribution in [3.63, 3.8) is 0 Å². The molecule has 0 saturated carbocycles. The van der Waals surface area contributed by atoms with Crippen molar-refractivity contribution in [2.45, 2.75) is 26.4 Å². The Morgan fingerprint density at radius 3 is 3.04 bits per heavy atom. The Hall–Kier alpha value is -2.41. The number of halogens is 1. The molecule has 24 heavy (non-hydrogen) atoms. The molecule has 1 aliphatic rings. The maximum absolute atomic E-state index is 13.2. The molecule has 1 atom stereocenters. The van der Waals surface area contributed by atoms with Crippen LogP contribution in [0.4, 0.5) is 10.1 Å². The molecule has 1 saturated heterocycles. The van der Waals surface area contributed by atoms with Gasteiger partial charge in [0.15, 0.2) is 0 Å². The van der Waals surface area contributed by atoms with Crippen LogP contribution in [0.15, 0.2) is 24.3 Å². The van der Waals surface area contributed by atoms with Crippen molar-refractivity contribution in [1.82, 2.24) is 15.1 Å². The van der Waals surface area contributed by atoms with Gasteiger partial charge in [0.25, 0.3) is 0 Å². The SMILES string of the molecule is Cc1n[nH]c(C)c1NC(=O)CN1CCC(Oc2cccc(F)c2)C1. The number of nitrogens with zero attached hydrogens (tertiary/aromatic N) is 2. The van der Waals surface area contributed by atoms with Gasteiger partial charge in [-0.15, -0.1) is 0 Å². The van der Waals surface area contributed by atoms with E-state index < -0.39 is 0 Å². The highest BCUT2D eigenvalue weighted by atomic mass is 19.1. The Kier molecular flexibility index (Phi) is 4.80. The summed E-state index contributed by atoms with van der Waals surface area (Å²) in [7, 11) is 0. The predicted octanol–water partition coefficient (Wildman–Crippen LogP) is 2.26. The zero-order valence-electron chi connectivity index (χ0n) is 13.8. The Labute approximate surface area is 140 Å². The first-order valence-electron chi connectivity index (χ1n) is 7.97. The van der Waals surface area contributed by atoms with Crippen LogP contribution < -0.4 is 10.1 Å². The summed E-state index contributed by atoms with van der Waals surface area (Å²) in [4.78, 5) is 14.2. The van der Waals surface area contributed by atoms with Crippen LogP contribution >= 0.6 is 0 Å². The van der Waals surface area contributed by atoms with E-state index in [-0.39, 0.29) is 17.8 Å². The third-order valence-electron chi connectivity index (χ3n) is 4.09. The number of hydrogen-bond donors (Lipinski definition) is 2. The van der Waals surface area contributed by atoms with Gasteiger partial charge >= 0.3 is 0 Å². The third kappa shape index (κ3) is 3.91. The minimum atomic E-state index is -0.312. The third-order valence-corrected chi connectivity index (χ3v) is 4.09. The monoisotopic (exact) mass is 332 g/mol. The summed E-state index contributed by atoms with van der Waals surface area (Å²) in [6.45, 7) is 5.43. The maximum atomic E-state index is 13.2. The number of carbonyl (C=O) groups is 1. The van der Waals surface area contributed by atoms with Gasteiger partial charge in [0, 0.05) is 19.2 Å². The Balaban J connectivity index is 1.50. The molecule has 2 aromatic rings. The minimum Gasteiger partial charge on any atom is -0.489 e. The second-order valence-corrected chi connectivity index (χ2v) is 6.08. The van der Waals surface area contributed by atoms with E-state index in [1.807, 2.05) is 18.7 Å². The highest BCUT2D eigenvalue weighted by Crippen LogP contribution is 2.20. The normalized spacial score (nSPS) is 17.9. The van der Waals surface area contributed by atoms with E-state index >= 15 is 0 Å². The molecule has 1 aliphatic heterocycles. The molecule has 1 aromatic heterocycles. The van der Waals surface area contributed by atoms with Crippen LogP contribution in [0.5, 0.6) is 5.75 Å². The average Bonchev–Trinajstić information content (AvgIpc) is 3.08. The molecular weight excluding hydrogens is 311 g/mol. The second-order valence-electron chi connectivity index (χ2n) is 6.08. The molecule has 7 heteroatoms. The fourth-order valence-corrected chi connectivity index (χ4v) is 2.89. The highest BCUT2D eigenvalue weighted by Gasteiger charge is 2.26. The van der Waals surface area contributed by atoms with Crippen LogP contribution in [0.2, 0.25) is 0 Å². The lowest BCUT2D eigenvalue weighted by atomic mass is 10.3. The van der Waals surface area contributed by atoms with Crippen LogP contribution in [0, 0.1) is 19.7 Å². The minimum absolute atomic E-state index is 0.0306. The number of aromatic nitrogens is 2. The number of aromatic amines is 1. The summed E-state index contributed by atoms with van der Waals surface area (Å²) >= 11 is 0. The van der Waals surface area contributed by atoms with E-state index in [1.54, 1.807) is 12.1 Å². The molecule has 0 radical (unpaired) electrons. The topological polar surface area (TPSA) is 70.2 Å². The van der Waals surface area contributed by atoms with Gasteiger partial charge < -0.3 is 10.1 Å². The first-order chi connectivity index (χ1) is 11.5. The number of hydrogen-bond acceptors (Lipinski definition) is 4. The maximum Gasteiger partial charge on any atom is 0.238 e. The van der Waals surface area contributed by atoms with E-state index in [2.05, 4.69) is 15.5 Å². The van der Waals surface area contributed by atoms with E-state index in [9.17, 15) is 9.18 Å². The number of ether oxygens (including phenoxy) is 1. The molecular formula is C17H21FN4O2. The number of carbonyl (C=O) groups excluding carboxylic acids is 1. The lowest BCUT2D eigenvalue weighted by Gasteiger charge is -2.16. The number of rotatable bonds is 5. The van der Waals surface area contributed by atoms with Crippen molar-refractivity contribution in [3.8, 4) is 5.75 Å². The molecule has 1 aromatic carbocycles.